The predicted molar refractivity (Wildman–Crippen MR) is 93.8 cm³/mol. The Bertz CT molecular complexity index is 751. The summed E-state index contributed by atoms with van der Waals surface area (Å²) in [4.78, 5) is 19.4. The van der Waals surface area contributed by atoms with Gasteiger partial charge >= 0.3 is 0 Å². The summed E-state index contributed by atoms with van der Waals surface area (Å²) in [6.45, 7) is 5.88. The predicted octanol–water partition coefficient (Wildman–Crippen LogP) is 3.47. The molecule has 1 aliphatic carbocycles. The zero-order chi connectivity index (χ0) is 16.7. The van der Waals surface area contributed by atoms with Crippen molar-refractivity contribution in [3.63, 3.8) is 0 Å². The lowest BCUT2D eigenvalue weighted by Crippen LogP contribution is -2.41. The Morgan fingerprint density at radius 1 is 1.29 bits per heavy atom. The first kappa shape index (κ1) is 15.4. The van der Waals surface area contributed by atoms with Crippen LogP contribution >= 0.6 is 0 Å². The maximum Gasteiger partial charge on any atom is 0.226 e. The summed E-state index contributed by atoms with van der Waals surface area (Å²) in [6, 6.07) is 8.99. The molecule has 126 valence electrons. The Balaban J connectivity index is 1.43. The number of hydrogen-bond acceptors (Lipinski definition) is 2. The molecule has 3 atom stereocenters. The molecule has 1 amide bonds. The molecule has 24 heavy (non-hydrogen) atoms. The number of amides is 1. The third-order valence-electron chi connectivity index (χ3n) is 5.54. The molecule has 1 aliphatic heterocycles. The number of piperidine rings is 1. The third-order valence-corrected chi connectivity index (χ3v) is 5.54. The second-order valence-electron chi connectivity index (χ2n) is 7.32. The van der Waals surface area contributed by atoms with Gasteiger partial charge in [0.25, 0.3) is 0 Å². The van der Waals surface area contributed by atoms with Crippen molar-refractivity contribution in [2.75, 3.05) is 13.1 Å². The molecule has 4 rings (SSSR count). The lowest BCUT2D eigenvalue weighted by atomic mass is 10.0. The first-order valence-corrected chi connectivity index (χ1v) is 8.98. The van der Waals surface area contributed by atoms with Crippen LogP contribution in [-0.4, -0.2) is 33.4 Å². The quantitative estimate of drug-likeness (QED) is 0.867. The van der Waals surface area contributed by atoms with E-state index >= 15 is 0 Å². The summed E-state index contributed by atoms with van der Waals surface area (Å²) in [5, 5.41) is 0. The number of benzene rings is 1. The first-order chi connectivity index (χ1) is 11.6. The summed E-state index contributed by atoms with van der Waals surface area (Å²) in [6.07, 6.45) is 7.11. The Kier molecular flexibility index (Phi) is 3.91. The fraction of sp³-hybridized carbons (Fsp3) is 0.500. The van der Waals surface area contributed by atoms with E-state index in [2.05, 4.69) is 45.6 Å². The molecule has 0 spiro atoms. The van der Waals surface area contributed by atoms with Crippen molar-refractivity contribution in [1.82, 2.24) is 14.5 Å². The largest absolute Gasteiger partial charge is 0.340 e. The molecular formula is C20H25N3O. The second-order valence-corrected chi connectivity index (χ2v) is 7.32. The van der Waals surface area contributed by atoms with Gasteiger partial charge in [-0.2, -0.15) is 0 Å². The van der Waals surface area contributed by atoms with Gasteiger partial charge < -0.3 is 9.47 Å². The van der Waals surface area contributed by atoms with Gasteiger partial charge in [0, 0.05) is 31.4 Å². The van der Waals surface area contributed by atoms with Crippen LogP contribution in [0.2, 0.25) is 0 Å². The molecule has 0 radical (unpaired) electrons. The van der Waals surface area contributed by atoms with Gasteiger partial charge in [0.1, 0.15) is 5.82 Å². The minimum Gasteiger partial charge on any atom is -0.340 e. The molecule has 2 aliphatic rings. The van der Waals surface area contributed by atoms with Gasteiger partial charge in [0.05, 0.1) is 6.04 Å². The zero-order valence-electron chi connectivity index (χ0n) is 14.5. The molecule has 0 unspecified atom stereocenters. The van der Waals surface area contributed by atoms with Gasteiger partial charge in [0.2, 0.25) is 5.91 Å². The number of carbonyl (C=O) groups is 1. The SMILES string of the molecule is Cc1cccc([C@@H]2C[C@@H]2C(=O)N2CCC[C@H](n3ccnc3C)C2)c1. The molecule has 4 nitrogen and oxygen atoms in total. The number of nitrogens with zero attached hydrogens (tertiary/aromatic N) is 3. The molecule has 1 aromatic carbocycles. The van der Waals surface area contributed by atoms with Crippen LogP contribution in [0.15, 0.2) is 36.7 Å². The summed E-state index contributed by atoms with van der Waals surface area (Å²) >= 11 is 0. The zero-order valence-corrected chi connectivity index (χ0v) is 14.5. The van der Waals surface area contributed by atoms with E-state index in [1.165, 1.54) is 11.1 Å². The average molecular weight is 323 g/mol. The van der Waals surface area contributed by atoms with Crippen molar-refractivity contribution in [3.8, 4) is 0 Å². The highest BCUT2D eigenvalue weighted by Crippen LogP contribution is 2.49. The lowest BCUT2D eigenvalue weighted by molar-refractivity contribution is -0.134. The third kappa shape index (κ3) is 2.85. The minimum atomic E-state index is 0.189. The van der Waals surface area contributed by atoms with Gasteiger partial charge in [-0.1, -0.05) is 29.8 Å². The van der Waals surface area contributed by atoms with Crippen LogP contribution in [0.5, 0.6) is 0 Å². The van der Waals surface area contributed by atoms with Crippen molar-refractivity contribution in [3.05, 3.63) is 53.6 Å². The normalized spacial score (nSPS) is 26.4. The van der Waals surface area contributed by atoms with Crippen molar-refractivity contribution in [2.24, 2.45) is 5.92 Å². The summed E-state index contributed by atoms with van der Waals surface area (Å²) in [5.74, 6) is 2.00. The molecule has 4 heteroatoms. The molecule has 1 aromatic heterocycles. The number of rotatable bonds is 3. The minimum absolute atomic E-state index is 0.189. The highest BCUT2D eigenvalue weighted by molar-refractivity contribution is 5.83. The van der Waals surface area contributed by atoms with E-state index < -0.39 is 0 Å². The molecule has 1 saturated heterocycles. The molecule has 1 saturated carbocycles. The average Bonchev–Trinajstić information content (AvgIpc) is 3.28. The molecule has 2 aromatic rings. The molecule has 0 N–H and O–H groups in total. The van der Waals surface area contributed by atoms with Crippen molar-refractivity contribution >= 4 is 5.91 Å². The highest BCUT2D eigenvalue weighted by atomic mass is 16.2. The van der Waals surface area contributed by atoms with Gasteiger partial charge in [-0.15, -0.1) is 0 Å². The smallest absolute Gasteiger partial charge is 0.226 e. The number of aromatic nitrogens is 2. The Morgan fingerprint density at radius 3 is 2.92 bits per heavy atom. The van der Waals surface area contributed by atoms with Gasteiger partial charge in [0.15, 0.2) is 0 Å². The van der Waals surface area contributed by atoms with E-state index in [1.807, 2.05) is 19.3 Å². The van der Waals surface area contributed by atoms with Crippen LogP contribution in [0.25, 0.3) is 0 Å². The topological polar surface area (TPSA) is 38.1 Å². The molecular weight excluding hydrogens is 298 g/mol. The maximum atomic E-state index is 12.9. The first-order valence-electron chi connectivity index (χ1n) is 8.98. The molecule has 2 heterocycles. The van der Waals surface area contributed by atoms with E-state index in [4.69, 9.17) is 0 Å². The second kappa shape index (κ2) is 6.08. The Hall–Kier alpha value is -2.10. The monoisotopic (exact) mass is 323 g/mol. The highest BCUT2D eigenvalue weighted by Gasteiger charge is 2.46. The number of aryl methyl sites for hydroxylation is 2. The summed E-state index contributed by atoms with van der Waals surface area (Å²) in [5.41, 5.74) is 2.60. The standard InChI is InChI=1S/C20H25N3O/c1-14-5-3-6-16(11-14)18-12-19(18)20(24)22-9-4-7-17(13-22)23-10-8-21-15(23)2/h3,5-6,8,10-11,17-19H,4,7,9,12-13H2,1-2H3/t17-,18-,19-/m0/s1. The summed E-state index contributed by atoms with van der Waals surface area (Å²) < 4.78 is 2.23. The van der Waals surface area contributed by atoms with Crippen LogP contribution in [0.1, 0.15) is 48.2 Å². The van der Waals surface area contributed by atoms with Crippen LogP contribution < -0.4 is 0 Å². The fourth-order valence-electron chi connectivity index (χ4n) is 4.13. The van der Waals surface area contributed by atoms with E-state index in [9.17, 15) is 4.79 Å². The van der Waals surface area contributed by atoms with Crippen molar-refractivity contribution < 1.29 is 4.79 Å². The molecule has 2 fully saturated rings. The van der Waals surface area contributed by atoms with Crippen LogP contribution in [0.3, 0.4) is 0 Å². The van der Waals surface area contributed by atoms with Gasteiger partial charge in [-0.3, -0.25) is 4.79 Å². The Labute approximate surface area is 143 Å². The van der Waals surface area contributed by atoms with Gasteiger partial charge in [-0.25, -0.2) is 4.98 Å². The van der Waals surface area contributed by atoms with E-state index in [0.29, 0.717) is 17.9 Å². The van der Waals surface area contributed by atoms with Gasteiger partial charge in [-0.05, 0) is 44.6 Å². The summed E-state index contributed by atoms with van der Waals surface area (Å²) in [7, 11) is 0. The van der Waals surface area contributed by atoms with E-state index in [0.717, 1.165) is 38.2 Å². The fourth-order valence-corrected chi connectivity index (χ4v) is 4.13. The van der Waals surface area contributed by atoms with Crippen LogP contribution in [0, 0.1) is 19.8 Å². The molecule has 0 bridgehead atoms. The van der Waals surface area contributed by atoms with Crippen molar-refractivity contribution in [1.29, 1.82) is 0 Å². The van der Waals surface area contributed by atoms with Crippen molar-refractivity contribution in [2.45, 2.75) is 45.1 Å². The number of hydrogen-bond donors (Lipinski definition) is 0. The lowest BCUT2D eigenvalue weighted by Gasteiger charge is -2.34. The van der Waals surface area contributed by atoms with E-state index in [1.54, 1.807) is 0 Å². The van der Waals surface area contributed by atoms with E-state index in [-0.39, 0.29) is 5.92 Å². The number of likely N-dealkylation sites (tertiary alicyclic amines) is 1. The maximum absolute atomic E-state index is 12.9. The van der Waals surface area contributed by atoms with Crippen LogP contribution in [0.4, 0.5) is 0 Å². The van der Waals surface area contributed by atoms with Crippen LogP contribution in [-0.2, 0) is 4.79 Å². The number of carbonyl (C=O) groups excluding carboxylic acids is 1. The number of imidazole rings is 1. The Morgan fingerprint density at radius 2 is 2.17 bits per heavy atom.